The first-order chi connectivity index (χ1) is 15.8. The van der Waals surface area contributed by atoms with Crippen LogP contribution in [0.1, 0.15) is 11.1 Å². The number of para-hydroxylation sites is 2. The number of aliphatic hydroxyl groups is 2. The Hall–Kier alpha value is -3.86. The Labute approximate surface area is 188 Å². The number of hydrogen-bond donors (Lipinski definition) is 2. The van der Waals surface area contributed by atoms with Gasteiger partial charge in [-0.3, -0.25) is 0 Å². The molecule has 4 nitrogen and oxygen atoms in total. The van der Waals surface area contributed by atoms with Gasteiger partial charge in [-0.1, -0.05) is 60.7 Å². The lowest BCUT2D eigenvalue weighted by Crippen LogP contribution is -2.58. The molecular formula is C28H24N2O2. The van der Waals surface area contributed by atoms with Crippen LogP contribution in [0.25, 0.3) is 0 Å². The van der Waals surface area contributed by atoms with Crippen molar-refractivity contribution in [2.45, 2.75) is 12.5 Å². The topological polar surface area (TPSA) is 46.7 Å². The number of anilines is 1. The molecule has 0 aromatic heterocycles. The van der Waals surface area contributed by atoms with Crippen LogP contribution in [0.3, 0.4) is 0 Å². The van der Waals surface area contributed by atoms with Crippen molar-refractivity contribution >= 4 is 17.2 Å². The Balaban J connectivity index is 1.82. The van der Waals surface area contributed by atoms with Gasteiger partial charge in [0.15, 0.2) is 12.5 Å². The molecule has 0 saturated heterocycles. The molecule has 1 heterocycles. The minimum absolute atomic E-state index is 0.526. The third-order valence-electron chi connectivity index (χ3n) is 5.71. The van der Waals surface area contributed by atoms with Crippen molar-refractivity contribution in [3.8, 4) is 0 Å². The van der Waals surface area contributed by atoms with E-state index in [1.165, 1.54) is 0 Å². The largest absolute Gasteiger partial charge is 0.361 e. The second-order valence-electron chi connectivity index (χ2n) is 7.67. The van der Waals surface area contributed by atoms with E-state index in [1.54, 1.807) is 0 Å². The van der Waals surface area contributed by atoms with Crippen LogP contribution in [0.2, 0.25) is 0 Å². The normalized spacial score (nSPS) is 18.7. The summed E-state index contributed by atoms with van der Waals surface area (Å²) < 4.78 is 1.89. The summed E-state index contributed by atoms with van der Waals surface area (Å²) in [6.45, 7) is 0. The first-order valence-electron chi connectivity index (χ1n) is 10.6. The second kappa shape index (κ2) is 8.71. The highest BCUT2D eigenvalue weighted by Crippen LogP contribution is 2.37. The fourth-order valence-corrected chi connectivity index (χ4v) is 4.26. The summed E-state index contributed by atoms with van der Waals surface area (Å²) in [7, 11) is 0. The molecule has 5 rings (SSSR count). The molecule has 4 aromatic rings. The maximum absolute atomic E-state index is 11.7. The van der Waals surface area contributed by atoms with Crippen LogP contribution in [-0.2, 0) is 0 Å². The summed E-state index contributed by atoms with van der Waals surface area (Å²) in [6.07, 6.45) is -2.10. The van der Waals surface area contributed by atoms with Crippen molar-refractivity contribution in [1.29, 1.82) is 0 Å². The van der Waals surface area contributed by atoms with E-state index < -0.39 is 12.5 Å². The summed E-state index contributed by atoms with van der Waals surface area (Å²) in [5.74, 6) is 1.24. The molecule has 2 unspecified atom stereocenters. The Bertz CT molecular complexity index is 1200. The average Bonchev–Trinajstić information content (AvgIpc) is 2.86. The number of amidine groups is 1. The zero-order chi connectivity index (χ0) is 21.9. The highest BCUT2D eigenvalue weighted by molar-refractivity contribution is 6.08. The molecule has 2 atom stereocenters. The Morgan fingerprint density at radius 1 is 0.625 bits per heavy atom. The van der Waals surface area contributed by atoms with Gasteiger partial charge in [-0.2, -0.15) is 17.7 Å². The van der Waals surface area contributed by atoms with E-state index in [9.17, 15) is 10.2 Å². The van der Waals surface area contributed by atoms with Gasteiger partial charge in [0.05, 0.1) is 5.56 Å². The molecule has 1 aliphatic rings. The van der Waals surface area contributed by atoms with Crippen molar-refractivity contribution in [3.63, 3.8) is 0 Å². The van der Waals surface area contributed by atoms with Crippen LogP contribution >= 0.6 is 0 Å². The second-order valence-corrected chi connectivity index (χ2v) is 7.67. The van der Waals surface area contributed by atoms with Gasteiger partial charge in [-0.15, -0.1) is 12.1 Å². The van der Waals surface area contributed by atoms with E-state index in [0.29, 0.717) is 11.8 Å². The fraction of sp³-hybridized carbons (Fsp3) is 0.0714. The Morgan fingerprint density at radius 3 is 1.72 bits per heavy atom. The van der Waals surface area contributed by atoms with Crippen LogP contribution in [0.5, 0.6) is 0 Å². The third-order valence-corrected chi connectivity index (χ3v) is 5.71. The Kier molecular flexibility index (Phi) is 5.46. The lowest BCUT2D eigenvalue weighted by atomic mass is 9.91. The van der Waals surface area contributed by atoms with E-state index in [4.69, 9.17) is 0 Å². The molecule has 0 bridgehead atoms. The summed E-state index contributed by atoms with van der Waals surface area (Å²) in [5.41, 5.74) is 3.35. The van der Waals surface area contributed by atoms with Crippen LogP contribution < -0.4 is 4.90 Å². The number of hydrogen-bond acceptors (Lipinski definition) is 3. The predicted octanol–water partition coefficient (Wildman–Crippen LogP) is 4.56. The van der Waals surface area contributed by atoms with Crippen molar-refractivity contribution in [2.75, 3.05) is 4.90 Å². The standard InChI is InChI=1S/C28H24N2O2/c31-27-25(21-13-5-1-6-14-21)28(32)30(24-19-11-4-12-20-24)26(22-15-7-2-8-16-22)29(27)23-17-9-3-10-18-23/h1-20,27-28,31-32H. The maximum atomic E-state index is 11.7. The summed E-state index contributed by atoms with van der Waals surface area (Å²) >= 11 is 0. The molecular weight excluding hydrogens is 396 g/mol. The number of benzene rings is 4. The van der Waals surface area contributed by atoms with E-state index in [-0.39, 0.29) is 0 Å². The highest BCUT2D eigenvalue weighted by atomic mass is 16.3. The van der Waals surface area contributed by atoms with Gasteiger partial charge in [0.2, 0.25) is 0 Å². The molecule has 158 valence electrons. The summed E-state index contributed by atoms with van der Waals surface area (Å²) in [6, 6.07) is 39.0. The SMILES string of the molecule is OC1[C-](c2ccccc2)C(O)[N+](c2ccccc2)=C(c2ccccc2)N1c1ccccc1. The summed E-state index contributed by atoms with van der Waals surface area (Å²) in [4.78, 5) is 1.89. The molecule has 0 fully saturated rings. The lowest BCUT2D eigenvalue weighted by Gasteiger charge is -2.43. The minimum atomic E-state index is -1.05. The molecule has 0 amide bonds. The van der Waals surface area contributed by atoms with Crippen LogP contribution in [0.4, 0.5) is 11.4 Å². The lowest BCUT2D eigenvalue weighted by molar-refractivity contribution is -0.536. The van der Waals surface area contributed by atoms with Gasteiger partial charge in [0.25, 0.3) is 5.84 Å². The van der Waals surface area contributed by atoms with Crippen LogP contribution in [0.15, 0.2) is 121 Å². The van der Waals surface area contributed by atoms with E-state index >= 15 is 0 Å². The van der Waals surface area contributed by atoms with Crippen molar-refractivity contribution in [3.05, 3.63) is 138 Å². The van der Waals surface area contributed by atoms with E-state index in [1.807, 2.05) is 131 Å². The molecule has 0 spiro atoms. The summed E-state index contributed by atoms with van der Waals surface area (Å²) in [5, 5.41) is 23.4. The smallest absolute Gasteiger partial charge is 0.292 e. The van der Waals surface area contributed by atoms with Crippen molar-refractivity contribution < 1.29 is 14.8 Å². The monoisotopic (exact) mass is 420 g/mol. The molecule has 0 radical (unpaired) electrons. The van der Waals surface area contributed by atoms with Crippen molar-refractivity contribution in [1.82, 2.24) is 0 Å². The fourth-order valence-electron chi connectivity index (χ4n) is 4.26. The molecule has 4 heteroatoms. The minimum Gasteiger partial charge on any atom is -0.361 e. The maximum Gasteiger partial charge on any atom is 0.292 e. The van der Waals surface area contributed by atoms with E-state index in [0.717, 1.165) is 22.5 Å². The van der Waals surface area contributed by atoms with Crippen LogP contribution in [0, 0.1) is 5.92 Å². The van der Waals surface area contributed by atoms with Crippen molar-refractivity contribution in [2.24, 2.45) is 0 Å². The first-order valence-corrected chi connectivity index (χ1v) is 10.6. The molecule has 0 aliphatic carbocycles. The van der Waals surface area contributed by atoms with Gasteiger partial charge in [0.1, 0.15) is 11.4 Å². The molecule has 4 aromatic carbocycles. The highest BCUT2D eigenvalue weighted by Gasteiger charge is 2.46. The zero-order valence-corrected chi connectivity index (χ0v) is 17.5. The van der Waals surface area contributed by atoms with Gasteiger partial charge >= 0.3 is 0 Å². The number of nitrogens with zero attached hydrogens (tertiary/aromatic N) is 2. The van der Waals surface area contributed by atoms with E-state index in [2.05, 4.69) is 0 Å². The number of aliphatic hydroxyl groups excluding tert-OH is 2. The Morgan fingerprint density at radius 2 is 1.12 bits per heavy atom. The van der Waals surface area contributed by atoms with Gasteiger partial charge in [-0.05, 0) is 42.3 Å². The third kappa shape index (κ3) is 3.56. The molecule has 32 heavy (non-hydrogen) atoms. The van der Waals surface area contributed by atoms with Gasteiger partial charge in [0, 0.05) is 0 Å². The molecule has 1 aliphatic heterocycles. The quantitative estimate of drug-likeness (QED) is 0.376. The zero-order valence-electron chi connectivity index (χ0n) is 17.5. The molecule has 0 saturated carbocycles. The predicted molar refractivity (Wildman–Crippen MR) is 127 cm³/mol. The van der Waals surface area contributed by atoms with Gasteiger partial charge in [-0.25, -0.2) is 9.48 Å². The van der Waals surface area contributed by atoms with Gasteiger partial charge < -0.3 is 10.2 Å². The van der Waals surface area contributed by atoms with Crippen LogP contribution in [-0.4, -0.2) is 33.1 Å². The first kappa shape index (κ1) is 20.1. The number of rotatable bonds is 4. The molecule has 2 N–H and O–H groups in total. The average molecular weight is 421 g/mol.